The Morgan fingerprint density at radius 2 is 2.12 bits per heavy atom. The number of nitrogens with two attached hydrogens (primary N) is 2. The Labute approximate surface area is 47.6 Å². The number of hydrogen-bond donors (Lipinski definition) is 2. The van der Waals surface area contributed by atoms with E-state index in [9.17, 15) is 0 Å². The molecule has 4 nitrogen and oxygen atoms in total. The summed E-state index contributed by atoms with van der Waals surface area (Å²) in [5.41, 5.74) is 9.83. The lowest BCUT2D eigenvalue weighted by Crippen LogP contribution is -2.21. The fourth-order valence-electron chi connectivity index (χ4n) is 0.147. The number of hydrogen-bond acceptors (Lipinski definition) is 2. The summed E-state index contributed by atoms with van der Waals surface area (Å²) in [7, 11) is 0. The highest BCUT2D eigenvalue weighted by molar-refractivity contribution is 5.77. The van der Waals surface area contributed by atoms with E-state index < -0.39 is 0 Å². The number of guanidine groups is 1. The van der Waals surface area contributed by atoms with Crippen LogP contribution < -0.4 is 11.5 Å². The van der Waals surface area contributed by atoms with Gasteiger partial charge in [0.2, 0.25) is 5.96 Å². The van der Waals surface area contributed by atoms with E-state index in [2.05, 4.69) is 16.8 Å². The van der Waals surface area contributed by atoms with Crippen LogP contribution in [0.5, 0.6) is 0 Å². The molecule has 0 aliphatic rings. The molecule has 4 heteroatoms. The third kappa shape index (κ3) is 4.68. The van der Waals surface area contributed by atoms with Crippen LogP contribution in [0.1, 0.15) is 0 Å². The molecule has 4 N–H and O–H groups in total. The smallest absolute Gasteiger partial charge is 0.211 e. The Bertz CT molecular complexity index is 120. The molecule has 0 aromatic carbocycles. The minimum Gasteiger partial charge on any atom is -0.369 e. The average Bonchev–Trinajstić information content (AvgIpc) is 1.66. The molecule has 0 spiro atoms. The van der Waals surface area contributed by atoms with E-state index in [1.165, 1.54) is 12.3 Å². The first-order valence-electron chi connectivity index (χ1n) is 2.00. The molecule has 0 saturated carbocycles. The van der Waals surface area contributed by atoms with Crippen molar-refractivity contribution in [2.24, 2.45) is 21.7 Å². The van der Waals surface area contributed by atoms with Gasteiger partial charge in [-0.3, -0.25) is 0 Å². The second-order valence-corrected chi connectivity index (χ2v) is 1.03. The SMILES string of the molecule is C=C/C=N/N=C(N)N. The van der Waals surface area contributed by atoms with E-state index >= 15 is 0 Å². The molecular formula is C4H8N4. The average molecular weight is 112 g/mol. The van der Waals surface area contributed by atoms with Crippen molar-refractivity contribution in [3.8, 4) is 0 Å². The maximum absolute atomic E-state index is 4.91. The number of nitrogens with zero attached hydrogens (tertiary/aromatic N) is 2. The molecule has 0 fully saturated rings. The van der Waals surface area contributed by atoms with Gasteiger partial charge in [-0.1, -0.05) is 6.58 Å². The Balaban J connectivity index is 3.57. The highest BCUT2D eigenvalue weighted by Crippen LogP contribution is 1.64. The second kappa shape index (κ2) is 3.86. The summed E-state index contributed by atoms with van der Waals surface area (Å²) in [6.07, 6.45) is 2.87. The fraction of sp³-hybridized carbons (Fsp3) is 0. The molecule has 0 bridgehead atoms. The van der Waals surface area contributed by atoms with Crippen LogP contribution in [0.3, 0.4) is 0 Å². The van der Waals surface area contributed by atoms with E-state index in [0.717, 1.165) is 0 Å². The lowest BCUT2D eigenvalue weighted by atomic mass is 10.7. The van der Waals surface area contributed by atoms with Crippen LogP contribution in [0.4, 0.5) is 0 Å². The molecule has 0 aliphatic heterocycles. The summed E-state index contributed by atoms with van der Waals surface area (Å²) in [6, 6.07) is 0. The normalized spacial score (nSPS) is 9.00. The first-order chi connectivity index (χ1) is 3.77. The predicted octanol–water partition coefficient (Wildman–Crippen LogP) is -0.568. The summed E-state index contributed by atoms with van der Waals surface area (Å²) < 4.78 is 0. The first kappa shape index (κ1) is 6.68. The van der Waals surface area contributed by atoms with Crippen molar-refractivity contribution in [1.82, 2.24) is 0 Å². The molecule has 0 atom stereocenters. The molecule has 44 valence electrons. The summed E-state index contributed by atoms with van der Waals surface area (Å²) in [5.74, 6) is -0.0527. The summed E-state index contributed by atoms with van der Waals surface area (Å²) in [6.45, 7) is 3.36. The van der Waals surface area contributed by atoms with Crippen LogP contribution in [0.2, 0.25) is 0 Å². The number of rotatable bonds is 2. The molecule has 0 radical (unpaired) electrons. The van der Waals surface area contributed by atoms with Crippen molar-refractivity contribution < 1.29 is 0 Å². The Hall–Kier alpha value is -1.32. The zero-order chi connectivity index (χ0) is 6.41. The van der Waals surface area contributed by atoms with Gasteiger partial charge < -0.3 is 11.5 Å². The van der Waals surface area contributed by atoms with Crippen molar-refractivity contribution in [2.45, 2.75) is 0 Å². The van der Waals surface area contributed by atoms with Crippen LogP contribution >= 0.6 is 0 Å². The Kier molecular flexibility index (Phi) is 3.22. The third-order valence-electron chi connectivity index (χ3n) is 0.345. The third-order valence-corrected chi connectivity index (χ3v) is 0.345. The van der Waals surface area contributed by atoms with Crippen LogP contribution in [0.25, 0.3) is 0 Å². The predicted molar refractivity (Wildman–Crippen MR) is 34.5 cm³/mol. The van der Waals surface area contributed by atoms with Gasteiger partial charge >= 0.3 is 0 Å². The molecule has 0 aromatic heterocycles. The zero-order valence-electron chi connectivity index (χ0n) is 4.41. The first-order valence-corrected chi connectivity index (χ1v) is 2.00. The summed E-state index contributed by atoms with van der Waals surface area (Å²) >= 11 is 0. The lowest BCUT2D eigenvalue weighted by molar-refractivity contribution is 1.22. The standard InChI is InChI=1S/C4H8N4/c1-2-3-7-8-4(5)6/h2-3H,1H2,(H4,5,6,8)/b7-3+. The molecular weight excluding hydrogens is 104 g/mol. The summed E-state index contributed by atoms with van der Waals surface area (Å²) in [4.78, 5) is 0. The maximum atomic E-state index is 4.91. The van der Waals surface area contributed by atoms with Gasteiger partial charge in [-0.05, 0) is 6.08 Å². The van der Waals surface area contributed by atoms with Crippen molar-refractivity contribution in [1.29, 1.82) is 0 Å². The Morgan fingerprint density at radius 3 is 2.50 bits per heavy atom. The molecule has 0 unspecified atom stereocenters. The second-order valence-electron chi connectivity index (χ2n) is 1.03. The highest BCUT2D eigenvalue weighted by atomic mass is 15.3. The summed E-state index contributed by atoms with van der Waals surface area (Å²) in [5, 5.41) is 6.67. The molecule has 0 rings (SSSR count). The van der Waals surface area contributed by atoms with Crippen molar-refractivity contribution in [2.75, 3.05) is 0 Å². The monoisotopic (exact) mass is 112 g/mol. The van der Waals surface area contributed by atoms with Gasteiger partial charge in [-0.25, -0.2) is 0 Å². The van der Waals surface area contributed by atoms with Gasteiger partial charge in [0.25, 0.3) is 0 Å². The largest absolute Gasteiger partial charge is 0.369 e. The Morgan fingerprint density at radius 1 is 1.50 bits per heavy atom. The van der Waals surface area contributed by atoms with Gasteiger partial charge in [-0.15, -0.1) is 5.10 Å². The molecule has 0 saturated heterocycles. The minimum atomic E-state index is -0.0527. The van der Waals surface area contributed by atoms with E-state index in [1.807, 2.05) is 0 Å². The molecule has 8 heavy (non-hydrogen) atoms. The van der Waals surface area contributed by atoms with Crippen molar-refractivity contribution in [3.05, 3.63) is 12.7 Å². The highest BCUT2D eigenvalue weighted by Gasteiger charge is 1.68. The van der Waals surface area contributed by atoms with E-state index in [-0.39, 0.29) is 5.96 Å². The van der Waals surface area contributed by atoms with Crippen LogP contribution in [-0.2, 0) is 0 Å². The topological polar surface area (TPSA) is 76.8 Å². The van der Waals surface area contributed by atoms with E-state index in [4.69, 9.17) is 11.5 Å². The zero-order valence-corrected chi connectivity index (χ0v) is 4.41. The van der Waals surface area contributed by atoms with Gasteiger partial charge in [0, 0.05) is 6.21 Å². The van der Waals surface area contributed by atoms with E-state index in [0.29, 0.717) is 0 Å². The molecule has 0 aromatic rings. The van der Waals surface area contributed by atoms with E-state index in [1.54, 1.807) is 0 Å². The molecule has 0 amide bonds. The van der Waals surface area contributed by atoms with Gasteiger partial charge in [0.1, 0.15) is 0 Å². The fourth-order valence-corrected chi connectivity index (χ4v) is 0.147. The van der Waals surface area contributed by atoms with Crippen molar-refractivity contribution in [3.63, 3.8) is 0 Å². The van der Waals surface area contributed by atoms with Crippen LogP contribution in [0, 0.1) is 0 Å². The number of allylic oxidation sites excluding steroid dienone is 1. The maximum Gasteiger partial charge on any atom is 0.211 e. The lowest BCUT2D eigenvalue weighted by Gasteiger charge is -1.79. The molecule has 0 heterocycles. The van der Waals surface area contributed by atoms with Crippen LogP contribution in [0.15, 0.2) is 22.9 Å². The minimum absolute atomic E-state index is 0.0527. The van der Waals surface area contributed by atoms with Gasteiger partial charge in [0.05, 0.1) is 0 Å². The van der Waals surface area contributed by atoms with Crippen LogP contribution in [-0.4, -0.2) is 12.2 Å². The van der Waals surface area contributed by atoms with Crippen molar-refractivity contribution >= 4 is 12.2 Å². The van der Waals surface area contributed by atoms with Gasteiger partial charge in [0.15, 0.2) is 0 Å². The van der Waals surface area contributed by atoms with Gasteiger partial charge in [-0.2, -0.15) is 5.10 Å². The molecule has 0 aliphatic carbocycles. The quantitative estimate of drug-likeness (QED) is 0.285.